The van der Waals surface area contributed by atoms with E-state index in [1.807, 2.05) is 6.92 Å². The maximum atomic E-state index is 11.9. The maximum Gasteiger partial charge on any atom is 0.334 e. The van der Waals surface area contributed by atoms with Crippen molar-refractivity contribution in [3.8, 4) is 0 Å². The van der Waals surface area contributed by atoms with Gasteiger partial charge in [0.15, 0.2) is 0 Å². The molecular formula is C17H22O5. The molecule has 0 amide bonds. The monoisotopic (exact) mass is 306 g/mol. The molecule has 2 saturated carbocycles. The van der Waals surface area contributed by atoms with E-state index >= 15 is 0 Å². The highest BCUT2D eigenvalue weighted by Crippen LogP contribution is 2.57. The van der Waals surface area contributed by atoms with Crippen LogP contribution in [0.5, 0.6) is 0 Å². The zero-order valence-corrected chi connectivity index (χ0v) is 13.0. The van der Waals surface area contributed by atoms with Gasteiger partial charge < -0.3 is 14.6 Å². The molecule has 3 rings (SSSR count). The smallest absolute Gasteiger partial charge is 0.334 e. The molecule has 1 N–H and O–H groups in total. The fourth-order valence-corrected chi connectivity index (χ4v) is 4.42. The van der Waals surface area contributed by atoms with Gasteiger partial charge in [0, 0.05) is 36.2 Å². The Morgan fingerprint density at radius 2 is 2.14 bits per heavy atom. The summed E-state index contributed by atoms with van der Waals surface area (Å²) in [6.45, 7) is 11.3. The average Bonchev–Trinajstić information content (AvgIpc) is 2.71. The van der Waals surface area contributed by atoms with Crippen molar-refractivity contribution in [1.82, 2.24) is 0 Å². The van der Waals surface area contributed by atoms with Gasteiger partial charge in [0.05, 0.1) is 6.10 Å². The van der Waals surface area contributed by atoms with Crippen molar-refractivity contribution < 1.29 is 24.2 Å². The zero-order chi connectivity index (χ0) is 16.2. The molecule has 0 aromatic carbocycles. The predicted octanol–water partition coefficient (Wildman–Crippen LogP) is 1.75. The molecule has 3 fully saturated rings. The first-order chi connectivity index (χ1) is 10.3. The van der Waals surface area contributed by atoms with Gasteiger partial charge in [-0.05, 0) is 18.4 Å². The molecular weight excluding hydrogens is 284 g/mol. The molecule has 0 aromatic heterocycles. The first-order valence-corrected chi connectivity index (χ1v) is 7.69. The van der Waals surface area contributed by atoms with Gasteiger partial charge in [-0.2, -0.15) is 0 Å². The van der Waals surface area contributed by atoms with Crippen LogP contribution in [0, 0.1) is 17.3 Å². The van der Waals surface area contributed by atoms with Gasteiger partial charge in [-0.3, -0.25) is 4.79 Å². The second-order valence-electron chi connectivity index (χ2n) is 6.95. The lowest BCUT2D eigenvalue weighted by molar-refractivity contribution is -0.165. The molecule has 1 saturated heterocycles. The molecule has 5 heteroatoms. The van der Waals surface area contributed by atoms with Crippen molar-refractivity contribution in [2.75, 3.05) is 0 Å². The summed E-state index contributed by atoms with van der Waals surface area (Å²) >= 11 is 0. The Bertz CT molecular complexity index is 565. The van der Waals surface area contributed by atoms with E-state index in [4.69, 9.17) is 9.47 Å². The third kappa shape index (κ3) is 2.02. The summed E-state index contributed by atoms with van der Waals surface area (Å²) in [6, 6.07) is 0. The van der Waals surface area contributed by atoms with Crippen molar-refractivity contribution >= 4 is 11.9 Å². The summed E-state index contributed by atoms with van der Waals surface area (Å²) in [5, 5.41) is 10.6. The van der Waals surface area contributed by atoms with Crippen LogP contribution in [-0.2, 0) is 19.1 Å². The Morgan fingerprint density at radius 1 is 1.45 bits per heavy atom. The highest BCUT2D eigenvalue weighted by molar-refractivity contribution is 5.91. The van der Waals surface area contributed by atoms with Crippen LogP contribution in [0.15, 0.2) is 24.3 Å². The first-order valence-electron chi connectivity index (χ1n) is 7.69. The van der Waals surface area contributed by atoms with Crippen molar-refractivity contribution in [2.24, 2.45) is 17.3 Å². The number of aliphatic hydroxyl groups excluding tert-OH is 1. The minimum absolute atomic E-state index is 0.0365. The van der Waals surface area contributed by atoms with E-state index in [0.717, 1.165) is 18.4 Å². The summed E-state index contributed by atoms with van der Waals surface area (Å²) in [6.07, 6.45) is 0.362. The van der Waals surface area contributed by atoms with E-state index in [1.165, 1.54) is 6.92 Å². The van der Waals surface area contributed by atoms with Crippen LogP contribution in [0.4, 0.5) is 0 Å². The quantitative estimate of drug-likeness (QED) is 0.454. The van der Waals surface area contributed by atoms with Crippen LogP contribution >= 0.6 is 0 Å². The van der Waals surface area contributed by atoms with Crippen molar-refractivity contribution in [3.05, 3.63) is 24.3 Å². The van der Waals surface area contributed by atoms with E-state index in [2.05, 4.69) is 13.2 Å². The van der Waals surface area contributed by atoms with Gasteiger partial charge in [0.1, 0.15) is 12.2 Å². The van der Waals surface area contributed by atoms with E-state index < -0.39 is 23.6 Å². The lowest BCUT2D eigenvalue weighted by Gasteiger charge is -2.54. The normalized spacial score (nSPS) is 44.1. The van der Waals surface area contributed by atoms with Crippen LogP contribution in [0.1, 0.15) is 33.1 Å². The van der Waals surface area contributed by atoms with Crippen LogP contribution in [0.3, 0.4) is 0 Å². The van der Waals surface area contributed by atoms with Gasteiger partial charge in [-0.25, -0.2) is 4.79 Å². The number of hydrogen-bond acceptors (Lipinski definition) is 5. The molecule has 3 aliphatic rings. The zero-order valence-electron chi connectivity index (χ0n) is 13.0. The number of ether oxygens (including phenoxy) is 2. The number of esters is 2. The van der Waals surface area contributed by atoms with E-state index in [1.54, 1.807) is 0 Å². The molecule has 2 aliphatic carbocycles. The highest BCUT2D eigenvalue weighted by atomic mass is 16.6. The number of hydrogen-bond donors (Lipinski definition) is 1. The molecule has 6 atom stereocenters. The molecule has 120 valence electrons. The van der Waals surface area contributed by atoms with E-state index in [0.29, 0.717) is 12.0 Å². The Morgan fingerprint density at radius 3 is 2.77 bits per heavy atom. The lowest BCUT2D eigenvalue weighted by Crippen LogP contribution is -2.56. The summed E-state index contributed by atoms with van der Waals surface area (Å²) in [4.78, 5) is 23.2. The minimum Gasteiger partial charge on any atom is -0.458 e. The molecule has 0 bridgehead atoms. The largest absolute Gasteiger partial charge is 0.458 e. The second-order valence-corrected chi connectivity index (χ2v) is 6.95. The van der Waals surface area contributed by atoms with Crippen molar-refractivity contribution in [2.45, 2.75) is 51.4 Å². The number of aliphatic hydroxyl groups is 1. The Balaban J connectivity index is 1.96. The van der Waals surface area contributed by atoms with Gasteiger partial charge in [-0.15, -0.1) is 0 Å². The number of carbonyl (C=O) groups is 2. The van der Waals surface area contributed by atoms with Crippen LogP contribution in [0.2, 0.25) is 0 Å². The van der Waals surface area contributed by atoms with E-state index in [-0.39, 0.29) is 23.9 Å². The molecule has 1 heterocycles. The SMILES string of the molecule is C=C1C(=O)OC2C1CCC1(C)C(O)CC(OC(C)=O)C(=C)C21. The number of carbonyl (C=O) groups excluding carboxylic acids is 2. The third-order valence-corrected chi connectivity index (χ3v) is 5.70. The molecule has 6 unspecified atom stereocenters. The fraction of sp³-hybridized carbons (Fsp3) is 0.647. The standard InChI is InChI=1S/C17H22O5/c1-8-11-5-6-17(4)13(19)7-12(21-10(3)18)9(2)14(17)15(11)22-16(8)20/h11-15,19H,1-2,5-7H2,3-4H3. The predicted molar refractivity (Wildman–Crippen MR) is 78.7 cm³/mol. The average molecular weight is 306 g/mol. The fourth-order valence-electron chi connectivity index (χ4n) is 4.42. The number of fused-ring (bicyclic) bond motifs is 3. The maximum absolute atomic E-state index is 11.9. The Kier molecular flexibility index (Phi) is 3.44. The molecule has 0 aromatic rings. The molecule has 22 heavy (non-hydrogen) atoms. The van der Waals surface area contributed by atoms with Gasteiger partial charge in [0.2, 0.25) is 0 Å². The summed E-state index contributed by atoms with van der Waals surface area (Å²) < 4.78 is 10.8. The summed E-state index contributed by atoms with van der Waals surface area (Å²) in [5.74, 6) is -1.02. The molecule has 5 nitrogen and oxygen atoms in total. The van der Waals surface area contributed by atoms with Crippen molar-refractivity contribution in [3.63, 3.8) is 0 Å². The van der Waals surface area contributed by atoms with Crippen LogP contribution in [-0.4, -0.2) is 35.4 Å². The summed E-state index contributed by atoms with van der Waals surface area (Å²) in [7, 11) is 0. The van der Waals surface area contributed by atoms with Crippen LogP contribution < -0.4 is 0 Å². The molecule has 0 spiro atoms. The second kappa shape index (κ2) is 4.95. The molecule has 0 radical (unpaired) electrons. The minimum atomic E-state index is -0.624. The third-order valence-electron chi connectivity index (χ3n) is 5.70. The van der Waals surface area contributed by atoms with Gasteiger partial charge in [-0.1, -0.05) is 20.1 Å². The highest BCUT2D eigenvalue weighted by Gasteiger charge is 2.60. The lowest BCUT2D eigenvalue weighted by atomic mass is 9.53. The van der Waals surface area contributed by atoms with Gasteiger partial charge in [0.25, 0.3) is 0 Å². The number of rotatable bonds is 1. The van der Waals surface area contributed by atoms with Crippen molar-refractivity contribution in [1.29, 1.82) is 0 Å². The molecule has 1 aliphatic heterocycles. The summed E-state index contributed by atoms with van der Waals surface area (Å²) in [5.41, 5.74) is 0.823. The Hall–Kier alpha value is -1.62. The topological polar surface area (TPSA) is 72.8 Å². The van der Waals surface area contributed by atoms with E-state index in [9.17, 15) is 14.7 Å². The first kappa shape index (κ1) is 15.3. The van der Waals surface area contributed by atoms with Crippen LogP contribution in [0.25, 0.3) is 0 Å². The Labute approximate surface area is 130 Å². The van der Waals surface area contributed by atoms with Gasteiger partial charge >= 0.3 is 11.9 Å².